The van der Waals surface area contributed by atoms with Crippen molar-refractivity contribution in [3.05, 3.63) is 35.5 Å². The second-order valence-electron chi connectivity index (χ2n) is 6.14. The summed E-state index contributed by atoms with van der Waals surface area (Å²) >= 11 is 6.04. The molecule has 3 heterocycles. The third-order valence-corrected chi connectivity index (χ3v) is 4.43. The second-order valence-corrected chi connectivity index (χ2v) is 6.58. The molecule has 3 N–H and O–H groups in total. The highest BCUT2D eigenvalue weighted by Gasteiger charge is 2.15. The second kappa shape index (κ2) is 20.8. The minimum absolute atomic E-state index is 0.191. The van der Waals surface area contributed by atoms with Crippen LogP contribution in [0.3, 0.4) is 0 Å². The van der Waals surface area contributed by atoms with E-state index < -0.39 is 5.82 Å². The van der Waals surface area contributed by atoms with Crippen LogP contribution in [0.2, 0.25) is 5.02 Å². The molecular weight excluding hydrogens is 457 g/mol. The lowest BCUT2D eigenvalue weighted by molar-refractivity contribution is -0.122. The first-order valence-electron chi connectivity index (χ1n) is 12.0. The molecule has 0 bridgehead atoms. The van der Waals surface area contributed by atoms with Gasteiger partial charge in [0.2, 0.25) is 0 Å². The maximum absolute atomic E-state index is 14.2. The molecule has 3 aromatic rings. The van der Waals surface area contributed by atoms with Crippen LogP contribution in [0.5, 0.6) is 0 Å². The molecule has 0 aromatic carbocycles. The van der Waals surface area contributed by atoms with Gasteiger partial charge in [-0.15, -0.1) is 0 Å². The van der Waals surface area contributed by atoms with Crippen LogP contribution in [0.1, 0.15) is 81.1 Å². The predicted octanol–water partition coefficient (Wildman–Crippen LogP) is 7.97. The van der Waals surface area contributed by atoms with Gasteiger partial charge in [0.25, 0.3) is 6.47 Å². The van der Waals surface area contributed by atoms with E-state index in [4.69, 9.17) is 21.5 Å². The molecule has 0 saturated heterocycles. The molecule has 0 saturated carbocycles. The molecule has 1 atom stereocenters. The van der Waals surface area contributed by atoms with Crippen molar-refractivity contribution < 1.29 is 14.3 Å². The summed E-state index contributed by atoms with van der Waals surface area (Å²) in [6.07, 6.45) is 8.63. The van der Waals surface area contributed by atoms with E-state index in [0.717, 1.165) is 36.6 Å². The third kappa shape index (κ3) is 10.9. The molecule has 0 aliphatic carbocycles. The molecule has 0 fully saturated rings. The van der Waals surface area contributed by atoms with Crippen molar-refractivity contribution in [3.8, 4) is 11.4 Å². The van der Waals surface area contributed by atoms with Crippen molar-refractivity contribution in [1.82, 2.24) is 19.9 Å². The zero-order valence-corrected chi connectivity index (χ0v) is 22.5. The number of pyridine rings is 1. The van der Waals surface area contributed by atoms with E-state index in [2.05, 4.69) is 39.1 Å². The average molecular weight is 498 g/mol. The van der Waals surface area contributed by atoms with Crippen LogP contribution in [-0.4, -0.2) is 37.6 Å². The number of carbonyl (C=O) groups is 1. The Morgan fingerprint density at radius 2 is 1.76 bits per heavy atom. The molecule has 34 heavy (non-hydrogen) atoms. The summed E-state index contributed by atoms with van der Waals surface area (Å²) < 4.78 is 14.2. The molecule has 9 heteroatoms. The van der Waals surface area contributed by atoms with Crippen molar-refractivity contribution in [1.29, 1.82) is 0 Å². The number of unbranched alkanes of at least 4 members (excludes halogenated alkanes) is 1. The Bertz CT molecular complexity index is 921. The average Bonchev–Trinajstić information content (AvgIpc) is 3.30. The fourth-order valence-electron chi connectivity index (χ4n) is 2.78. The summed E-state index contributed by atoms with van der Waals surface area (Å²) in [4.78, 5) is 24.2. The Kier molecular flexibility index (Phi) is 20.5. The lowest BCUT2D eigenvalue weighted by atomic mass is 10.1. The third-order valence-electron chi connectivity index (χ3n) is 4.22. The van der Waals surface area contributed by atoms with Gasteiger partial charge in [-0.25, -0.2) is 19.3 Å². The number of nitrogens with zero attached hydrogens (tertiary/aromatic N) is 3. The Labute approximate surface area is 208 Å². The van der Waals surface area contributed by atoms with E-state index >= 15 is 0 Å². The van der Waals surface area contributed by atoms with Crippen LogP contribution in [0, 0.1) is 5.82 Å². The maximum atomic E-state index is 14.2. The summed E-state index contributed by atoms with van der Waals surface area (Å²) in [6.45, 7) is 16.0. The summed E-state index contributed by atoms with van der Waals surface area (Å²) in [6, 6.07) is 1.99. The highest BCUT2D eigenvalue weighted by molar-refractivity contribution is 6.31. The van der Waals surface area contributed by atoms with Crippen LogP contribution in [0.25, 0.3) is 22.4 Å². The van der Waals surface area contributed by atoms with E-state index in [-0.39, 0.29) is 18.3 Å². The minimum Gasteiger partial charge on any atom is -0.483 e. The molecule has 3 rings (SSSR count). The number of hydrogen-bond acceptors (Lipinski definition) is 5. The fourth-order valence-corrected chi connectivity index (χ4v) is 2.94. The molecule has 0 spiro atoms. The molecule has 192 valence electrons. The van der Waals surface area contributed by atoms with Gasteiger partial charge in [-0.2, -0.15) is 0 Å². The zero-order valence-electron chi connectivity index (χ0n) is 21.7. The lowest BCUT2D eigenvalue weighted by Crippen LogP contribution is -2.20. The fraction of sp³-hybridized carbons (Fsp3) is 0.520. The molecular formula is C25H41ClFN5O2. The van der Waals surface area contributed by atoms with Gasteiger partial charge in [-0.3, -0.25) is 4.79 Å². The van der Waals surface area contributed by atoms with Gasteiger partial charge in [0.15, 0.2) is 17.5 Å². The zero-order chi connectivity index (χ0) is 26.5. The number of nitrogens with one attached hydrogen (secondary N) is 2. The molecule has 0 amide bonds. The molecule has 0 aliphatic heterocycles. The van der Waals surface area contributed by atoms with Gasteiger partial charge in [0.1, 0.15) is 5.65 Å². The van der Waals surface area contributed by atoms with Crippen molar-refractivity contribution in [2.45, 2.75) is 87.1 Å². The van der Waals surface area contributed by atoms with Crippen LogP contribution in [0.4, 0.5) is 10.2 Å². The van der Waals surface area contributed by atoms with Crippen LogP contribution in [-0.2, 0) is 4.79 Å². The van der Waals surface area contributed by atoms with Crippen molar-refractivity contribution in [2.24, 2.45) is 0 Å². The predicted molar refractivity (Wildman–Crippen MR) is 142 cm³/mol. The van der Waals surface area contributed by atoms with Crippen LogP contribution < -0.4 is 5.32 Å². The van der Waals surface area contributed by atoms with Gasteiger partial charge >= 0.3 is 0 Å². The van der Waals surface area contributed by atoms with Crippen LogP contribution >= 0.6 is 11.6 Å². The lowest BCUT2D eigenvalue weighted by Gasteiger charge is -2.17. The number of halogens is 2. The summed E-state index contributed by atoms with van der Waals surface area (Å²) in [5.74, 6) is 0.219. The first-order chi connectivity index (χ1) is 16.5. The molecule has 0 aliphatic rings. The van der Waals surface area contributed by atoms with Gasteiger partial charge in [0, 0.05) is 29.4 Å². The number of anilines is 1. The van der Waals surface area contributed by atoms with E-state index in [1.807, 2.05) is 41.5 Å². The van der Waals surface area contributed by atoms with Crippen molar-refractivity contribution >= 4 is 34.9 Å². The number of H-pyrrole nitrogens is 1. The number of aromatic nitrogens is 4. The van der Waals surface area contributed by atoms with E-state index in [1.54, 1.807) is 18.5 Å². The quantitative estimate of drug-likeness (QED) is 0.286. The van der Waals surface area contributed by atoms with E-state index in [0.29, 0.717) is 16.5 Å². The standard InChI is InChI=1S/C18H21ClFN5.3C2H6.CH2O2/c1-3-5-6-12(4-2)24-18-15(20)10-23-17(25-18)14-9-22-16-13(14)7-11(19)8-21-16;3*1-2;2-1-3/h7-10,12H,3-6H2,1-2H3,(H,21,22)(H,23,24,25);3*1-2H3;1H,(H,2,3). The topological polar surface area (TPSA) is 104 Å². The van der Waals surface area contributed by atoms with Gasteiger partial charge < -0.3 is 15.4 Å². The maximum Gasteiger partial charge on any atom is 0.290 e. The highest BCUT2D eigenvalue weighted by atomic mass is 35.5. The summed E-state index contributed by atoms with van der Waals surface area (Å²) in [5, 5.41) is 11.4. The number of carboxylic acid groups (broad SMARTS) is 1. The monoisotopic (exact) mass is 497 g/mol. The molecule has 0 radical (unpaired) electrons. The summed E-state index contributed by atoms with van der Waals surface area (Å²) in [5.41, 5.74) is 1.44. The Morgan fingerprint density at radius 3 is 2.32 bits per heavy atom. The number of fused-ring (bicyclic) bond motifs is 1. The van der Waals surface area contributed by atoms with Crippen molar-refractivity contribution in [3.63, 3.8) is 0 Å². The molecule has 7 nitrogen and oxygen atoms in total. The molecule has 1 unspecified atom stereocenters. The summed E-state index contributed by atoms with van der Waals surface area (Å²) in [7, 11) is 0. The first-order valence-corrected chi connectivity index (χ1v) is 12.4. The van der Waals surface area contributed by atoms with Gasteiger partial charge in [-0.1, -0.05) is 79.8 Å². The Morgan fingerprint density at radius 1 is 1.15 bits per heavy atom. The normalized spacial score (nSPS) is 10.1. The van der Waals surface area contributed by atoms with Crippen LogP contribution in [0.15, 0.2) is 24.7 Å². The Balaban J connectivity index is 0. The largest absolute Gasteiger partial charge is 0.483 e. The minimum atomic E-state index is -0.449. The van der Waals surface area contributed by atoms with E-state index in [9.17, 15) is 4.39 Å². The number of aromatic amines is 1. The SMILES string of the molecule is CC.CC.CC.CCCCC(CC)Nc1nc(-c2c[nH]c3ncc(Cl)cc23)ncc1F.O=CO. The van der Waals surface area contributed by atoms with Gasteiger partial charge in [0.05, 0.1) is 11.2 Å². The number of hydrogen-bond donors (Lipinski definition) is 3. The van der Waals surface area contributed by atoms with Gasteiger partial charge in [-0.05, 0) is 18.9 Å². The Hall–Kier alpha value is -2.74. The first kappa shape index (κ1) is 33.4. The molecule has 3 aromatic heterocycles. The highest BCUT2D eigenvalue weighted by Crippen LogP contribution is 2.28. The van der Waals surface area contributed by atoms with E-state index in [1.165, 1.54) is 6.20 Å². The number of rotatable bonds is 7. The smallest absolute Gasteiger partial charge is 0.290 e. The van der Waals surface area contributed by atoms with Crippen molar-refractivity contribution in [2.75, 3.05) is 5.32 Å².